The molecule has 5 heteroatoms. The van der Waals surface area contributed by atoms with Crippen molar-refractivity contribution in [2.45, 2.75) is 26.1 Å². The molecule has 3 rings (SSSR count). The van der Waals surface area contributed by atoms with Gasteiger partial charge in [-0.2, -0.15) is 0 Å². The van der Waals surface area contributed by atoms with Gasteiger partial charge in [0.05, 0.1) is 23.0 Å². The first-order valence-electron chi connectivity index (χ1n) is 8.51. The first-order valence-corrected chi connectivity index (χ1v) is 8.51. The van der Waals surface area contributed by atoms with E-state index < -0.39 is 5.60 Å². The second-order valence-electron chi connectivity index (χ2n) is 6.60. The molecule has 0 aliphatic carbocycles. The number of anilines is 1. The van der Waals surface area contributed by atoms with Crippen LogP contribution in [0.5, 0.6) is 5.75 Å². The summed E-state index contributed by atoms with van der Waals surface area (Å²) in [7, 11) is 0. The number of nitrogens with one attached hydrogen (secondary N) is 1. The summed E-state index contributed by atoms with van der Waals surface area (Å²) in [6, 6.07) is 19.7. The van der Waals surface area contributed by atoms with E-state index >= 15 is 0 Å². The molecule has 1 aromatic heterocycles. The molecular weight excluding hydrogens is 340 g/mol. The highest BCUT2D eigenvalue weighted by molar-refractivity contribution is 6.06. The lowest BCUT2D eigenvalue weighted by Crippen LogP contribution is -2.19. The van der Waals surface area contributed by atoms with E-state index in [4.69, 9.17) is 4.74 Å². The number of aromatic nitrogens is 1. The second-order valence-corrected chi connectivity index (χ2v) is 6.60. The van der Waals surface area contributed by atoms with Gasteiger partial charge in [-0.1, -0.05) is 18.2 Å². The maximum Gasteiger partial charge on any atom is 0.259 e. The van der Waals surface area contributed by atoms with E-state index in [2.05, 4.69) is 22.4 Å². The third kappa shape index (κ3) is 4.84. The number of nitrogens with zero attached hydrogens (tertiary/aromatic N) is 1. The molecule has 27 heavy (non-hydrogen) atoms. The van der Waals surface area contributed by atoms with Gasteiger partial charge in [0.2, 0.25) is 0 Å². The molecule has 0 aliphatic rings. The molecule has 0 unspecified atom stereocenters. The Morgan fingerprint density at radius 2 is 2.11 bits per heavy atom. The molecule has 0 spiro atoms. The summed E-state index contributed by atoms with van der Waals surface area (Å²) in [4.78, 5) is 16.8. The summed E-state index contributed by atoms with van der Waals surface area (Å²) in [5.74, 6) is 0.0919. The monoisotopic (exact) mass is 360 g/mol. The second kappa shape index (κ2) is 7.90. The van der Waals surface area contributed by atoms with Crippen molar-refractivity contribution in [3.05, 3.63) is 89.7 Å². The van der Waals surface area contributed by atoms with E-state index in [0.717, 1.165) is 5.56 Å². The van der Waals surface area contributed by atoms with E-state index in [9.17, 15) is 9.90 Å². The molecule has 0 saturated heterocycles. The van der Waals surface area contributed by atoms with Gasteiger partial charge in [0.1, 0.15) is 12.4 Å². The van der Waals surface area contributed by atoms with Crippen molar-refractivity contribution < 1.29 is 14.6 Å². The summed E-state index contributed by atoms with van der Waals surface area (Å²) in [6.45, 7) is 3.63. The Morgan fingerprint density at radius 3 is 2.78 bits per heavy atom. The van der Waals surface area contributed by atoms with Crippen LogP contribution >= 0.6 is 0 Å². The minimum absolute atomic E-state index is 0.292. The largest absolute Gasteiger partial charge is 0.488 e. The minimum Gasteiger partial charge on any atom is -0.488 e. The van der Waals surface area contributed by atoms with Gasteiger partial charge in [-0.15, -0.1) is 0 Å². The van der Waals surface area contributed by atoms with Crippen LogP contribution in [0.2, 0.25) is 0 Å². The van der Waals surface area contributed by atoms with Gasteiger partial charge in [-0.05, 0) is 67.4 Å². The minimum atomic E-state index is -1.08. The third-order valence-electron chi connectivity index (χ3n) is 3.97. The number of amides is 1. The summed E-state index contributed by atoms with van der Waals surface area (Å²) >= 11 is 0. The van der Waals surface area contributed by atoms with Crippen LogP contribution < -0.4 is 10.1 Å². The van der Waals surface area contributed by atoms with Gasteiger partial charge in [-0.3, -0.25) is 9.78 Å². The highest BCUT2D eigenvalue weighted by atomic mass is 16.5. The number of hydrogen-bond acceptors (Lipinski definition) is 4. The lowest BCUT2D eigenvalue weighted by molar-refractivity contribution is 0.0784. The highest BCUT2D eigenvalue weighted by Crippen LogP contribution is 2.28. The van der Waals surface area contributed by atoms with E-state index in [1.165, 1.54) is 0 Å². The van der Waals surface area contributed by atoms with E-state index in [1.807, 2.05) is 6.07 Å². The standard InChI is InChI=1S/C22H20N2O3/c1-22(2,26)17-10-11-20(27-15-16-7-4-3-5-8-16)19(13-17)21(25)24-18-9-6-12-23-14-18/h4,6-14,26H,15H2,1-2H3,(H,24,25). The van der Waals surface area contributed by atoms with Crippen LogP contribution in [0, 0.1) is 12.1 Å². The van der Waals surface area contributed by atoms with Crippen molar-refractivity contribution in [1.82, 2.24) is 4.98 Å². The fourth-order valence-corrected chi connectivity index (χ4v) is 2.48. The van der Waals surface area contributed by atoms with Crippen LogP contribution in [-0.2, 0) is 12.2 Å². The quantitative estimate of drug-likeness (QED) is 0.702. The number of pyridine rings is 1. The fourth-order valence-electron chi connectivity index (χ4n) is 2.48. The predicted molar refractivity (Wildman–Crippen MR) is 102 cm³/mol. The van der Waals surface area contributed by atoms with Gasteiger partial charge in [0.15, 0.2) is 0 Å². The molecule has 0 fully saturated rings. The maximum absolute atomic E-state index is 12.8. The molecule has 136 valence electrons. The summed E-state index contributed by atoms with van der Waals surface area (Å²) in [5, 5.41) is 13.1. The maximum atomic E-state index is 12.8. The zero-order valence-electron chi connectivity index (χ0n) is 15.2. The average molecular weight is 360 g/mol. The number of carbonyl (C=O) groups is 1. The van der Waals surface area contributed by atoms with Crippen LogP contribution in [0.4, 0.5) is 5.69 Å². The first kappa shape index (κ1) is 18.4. The van der Waals surface area contributed by atoms with Crippen molar-refractivity contribution in [2.75, 3.05) is 5.32 Å². The van der Waals surface area contributed by atoms with Crippen LogP contribution in [0.3, 0.4) is 0 Å². The number of benzene rings is 1. The zero-order valence-corrected chi connectivity index (χ0v) is 15.2. The SMILES string of the molecule is CC(C)(O)c1ccc(OCc2cc#ccc2)c(C(=O)Nc2cccnc2)c1. The number of carbonyl (C=O) groups excluding carboxylic acids is 1. The van der Waals surface area contributed by atoms with E-state index in [-0.39, 0.29) is 5.91 Å². The molecule has 2 N–H and O–H groups in total. The molecule has 0 aliphatic heterocycles. The topological polar surface area (TPSA) is 71.5 Å². The number of ether oxygens (including phenoxy) is 1. The zero-order chi connectivity index (χ0) is 19.3. The molecular formula is C22H20N2O3. The Hall–Kier alpha value is -3.36. The van der Waals surface area contributed by atoms with Crippen LogP contribution in [-0.4, -0.2) is 16.0 Å². The Balaban J connectivity index is 1.88. The Morgan fingerprint density at radius 1 is 1.26 bits per heavy atom. The first-order chi connectivity index (χ1) is 12.9. The molecule has 1 heterocycles. The number of rotatable bonds is 6. The lowest BCUT2D eigenvalue weighted by atomic mass is 9.96. The molecule has 0 bridgehead atoms. The molecule has 2 aromatic carbocycles. The Labute approximate surface area is 158 Å². The summed E-state index contributed by atoms with van der Waals surface area (Å²) in [5.41, 5.74) is 1.37. The smallest absolute Gasteiger partial charge is 0.259 e. The van der Waals surface area contributed by atoms with Crippen molar-refractivity contribution in [3.63, 3.8) is 0 Å². The van der Waals surface area contributed by atoms with Crippen LogP contribution in [0.1, 0.15) is 35.3 Å². The lowest BCUT2D eigenvalue weighted by Gasteiger charge is -2.20. The molecule has 0 saturated carbocycles. The molecule has 0 atom stereocenters. The Bertz CT molecular complexity index is 904. The van der Waals surface area contributed by atoms with Gasteiger partial charge < -0.3 is 15.2 Å². The van der Waals surface area contributed by atoms with Gasteiger partial charge >= 0.3 is 0 Å². The normalized spacial score (nSPS) is 10.8. The number of hydrogen-bond donors (Lipinski definition) is 2. The summed E-state index contributed by atoms with van der Waals surface area (Å²) < 4.78 is 5.86. The van der Waals surface area contributed by atoms with Crippen molar-refractivity contribution >= 4 is 11.6 Å². The summed E-state index contributed by atoms with van der Waals surface area (Å²) in [6.07, 6.45) is 3.20. The molecule has 5 nitrogen and oxygen atoms in total. The van der Waals surface area contributed by atoms with E-state index in [0.29, 0.717) is 29.2 Å². The van der Waals surface area contributed by atoms with Crippen molar-refractivity contribution in [2.24, 2.45) is 0 Å². The highest BCUT2D eigenvalue weighted by Gasteiger charge is 2.21. The Kier molecular flexibility index (Phi) is 5.39. The molecule has 0 radical (unpaired) electrons. The van der Waals surface area contributed by atoms with Crippen molar-refractivity contribution in [1.29, 1.82) is 0 Å². The molecule has 1 amide bonds. The van der Waals surface area contributed by atoms with Gasteiger partial charge in [0.25, 0.3) is 5.91 Å². The fraction of sp³-hybridized carbons (Fsp3) is 0.182. The third-order valence-corrected chi connectivity index (χ3v) is 3.97. The van der Waals surface area contributed by atoms with Gasteiger partial charge in [-0.25, -0.2) is 0 Å². The predicted octanol–water partition coefficient (Wildman–Crippen LogP) is 3.74. The van der Waals surface area contributed by atoms with Crippen LogP contribution in [0.25, 0.3) is 0 Å². The van der Waals surface area contributed by atoms with E-state index in [1.54, 1.807) is 68.7 Å². The average Bonchev–Trinajstić information content (AvgIpc) is 2.67. The van der Waals surface area contributed by atoms with Gasteiger partial charge in [0, 0.05) is 6.20 Å². The number of aliphatic hydroxyl groups is 1. The van der Waals surface area contributed by atoms with Crippen molar-refractivity contribution in [3.8, 4) is 5.75 Å². The molecule has 3 aromatic rings. The van der Waals surface area contributed by atoms with Crippen LogP contribution in [0.15, 0.2) is 60.9 Å².